The highest BCUT2D eigenvalue weighted by atomic mass is 16.4. The molecule has 0 aromatic rings. The molecule has 0 spiro atoms. The monoisotopic (exact) mass is 183 g/mol. The quantitative estimate of drug-likeness (QED) is 0.465. The zero-order chi connectivity index (χ0) is 10.4. The van der Waals surface area contributed by atoms with E-state index in [1.807, 2.05) is 27.7 Å². The Morgan fingerprint density at radius 1 is 1.31 bits per heavy atom. The second-order valence-electron chi connectivity index (χ2n) is 4.90. The van der Waals surface area contributed by atoms with Crippen LogP contribution in [-0.2, 0) is 9.59 Å². The van der Waals surface area contributed by atoms with Crippen LogP contribution in [0.4, 0.5) is 0 Å². The maximum absolute atomic E-state index is 10.6. The minimum Gasteiger partial charge on any atom is -0.549 e. The number of hydrogen-bond acceptors (Lipinski definition) is 3. The van der Waals surface area contributed by atoms with Gasteiger partial charge in [-0.2, -0.15) is 0 Å². The Hall–Kier alpha value is -0.860. The third-order valence-electron chi connectivity index (χ3n) is 3.91. The molecule has 3 heteroatoms. The number of rotatable bonds is 3. The summed E-state index contributed by atoms with van der Waals surface area (Å²) in [7, 11) is 0. The SMILES string of the molecule is CC1(C)C(C(C=O)C(=O)[O-])C1(C)C. The van der Waals surface area contributed by atoms with Gasteiger partial charge in [0.2, 0.25) is 0 Å². The molecule has 1 fully saturated rings. The van der Waals surface area contributed by atoms with Crippen LogP contribution in [0.3, 0.4) is 0 Å². The van der Waals surface area contributed by atoms with Crippen molar-refractivity contribution in [2.75, 3.05) is 0 Å². The molecule has 1 atom stereocenters. The Labute approximate surface area is 78.1 Å². The fraction of sp³-hybridized carbons (Fsp3) is 0.800. The molecule has 0 aromatic carbocycles. The summed E-state index contributed by atoms with van der Waals surface area (Å²) in [6.07, 6.45) is 0.497. The van der Waals surface area contributed by atoms with E-state index in [4.69, 9.17) is 0 Å². The molecule has 0 saturated heterocycles. The first kappa shape index (κ1) is 10.2. The predicted molar refractivity (Wildman–Crippen MR) is 45.6 cm³/mol. The number of carboxylic acids is 1. The van der Waals surface area contributed by atoms with Crippen LogP contribution >= 0.6 is 0 Å². The molecule has 0 heterocycles. The van der Waals surface area contributed by atoms with Crippen LogP contribution < -0.4 is 5.11 Å². The minimum absolute atomic E-state index is 0.0847. The second kappa shape index (κ2) is 2.56. The molecule has 1 aliphatic carbocycles. The van der Waals surface area contributed by atoms with Gasteiger partial charge in [-0.1, -0.05) is 27.7 Å². The van der Waals surface area contributed by atoms with Crippen molar-refractivity contribution < 1.29 is 14.7 Å². The number of aliphatic carboxylic acids is 1. The molecule has 0 bridgehead atoms. The van der Waals surface area contributed by atoms with Gasteiger partial charge in [0.1, 0.15) is 6.29 Å². The van der Waals surface area contributed by atoms with Crippen molar-refractivity contribution in [2.45, 2.75) is 27.7 Å². The van der Waals surface area contributed by atoms with Crippen LogP contribution in [0.5, 0.6) is 0 Å². The molecule has 13 heavy (non-hydrogen) atoms. The molecule has 1 aliphatic rings. The number of carboxylic acid groups (broad SMARTS) is 1. The molecule has 0 aliphatic heterocycles. The molecular formula is C10H15O3-. The average Bonchev–Trinajstić information content (AvgIpc) is 2.32. The van der Waals surface area contributed by atoms with Crippen LogP contribution in [0.1, 0.15) is 27.7 Å². The van der Waals surface area contributed by atoms with Crippen LogP contribution in [0.25, 0.3) is 0 Å². The Bertz CT molecular complexity index is 239. The zero-order valence-corrected chi connectivity index (χ0v) is 8.46. The summed E-state index contributed by atoms with van der Waals surface area (Å²) in [6.45, 7) is 7.93. The van der Waals surface area contributed by atoms with E-state index >= 15 is 0 Å². The predicted octanol–water partition coefficient (Wildman–Crippen LogP) is 0.234. The van der Waals surface area contributed by atoms with E-state index in [0.29, 0.717) is 6.29 Å². The van der Waals surface area contributed by atoms with Crippen molar-refractivity contribution in [2.24, 2.45) is 22.7 Å². The summed E-state index contributed by atoms with van der Waals surface area (Å²) in [5, 5.41) is 10.6. The largest absolute Gasteiger partial charge is 0.549 e. The minimum atomic E-state index is -1.25. The Kier molecular flexibility index (Phi) is 2.02. The smallest absolute Gasteiger partial charge is 0.129 e. The summed E-state index contributed by atoms with van der Waals surface area (Å²) in [6, 6.07) is 0. The molecule has 0 amide bonds. The number of aldehydes is 1. The van der Waals surface area contributed by atoms with Gasteiger partial charge in [0, 0.05) is 0 Å². The van der Waals surface area contributed by atoms with E-state index in [9.17, 15) is 14.7 Å². The van der Waals surface area contributed by atoms with Gasteiger partial charge in [0.15, 0.2) is 0 Å². The second-order valence-corrected chi connectivity index (χ2v) is 4.90. The summed E-state index contributed by atoms with van der Waals surface area (Å²) >= 11 is 0. The van der Waals surface area contributed by atoms with E-state index in [0.717, 1.165) is 0 Å². The van der Waals surface area contributed by atoms with Crippen molar-refractivity contribution in [1.82, 2.24) is 0 Å². The van der Waals surface area contributed by atoms with Gasteiger partial charge < -0.3 is 14.7 Å². The van der Waals surface area contributed by atoms with E-state index in [2.05, 4.69) is 0 Å². The zero-order valence-electron chi connectivity index (χ0n) is 8.46. The summed E-state index contributed by atoms with van der Waals surface area (Å²) in [5.74, 6) is -2.30. The van der Waals surface area contributed by atoms with Crippen LogP contribution in [-0.4, -0.2) is 12.3 Å². The molecule has 1 unspecified atom stereocenters. The first-order valence-electron chi connectivity index (χ1n) is 4.43. The number of carbonyl (C=O) groups is 2. The van der Waals surface area contributed by atoms with Gasteiger partial charge in [0.05, 0.1) is 11.9 Å². The fourth-order valence-electron chi connectivity index (χ4n) is 2.42. The third kappa shape index (κ3) is 1.18. The van der Waals surface area contributed by atoms with E-state index in [1.165, 1.54) is 0 Å². The lowest BCUT2D eigenvalue weighted by Gasteiger charge is -2.12. The van der Waals surface area contributed by atoms with Crippen molar-refractivity contribution in [3.05, 3.63) is 0 Å². The van der Waals surface area contributed by atoms with Gasteiger partial charge in [0.25, 0.3) is 0 Å². The molecule has 1 rings (SSSR count). The Morgan fingerprint density at radius 3 is 1.77 bits per heavy atom. The molecule has 3 nitrogen and oxygen atoms in total. The Morgan fingerprint density at radius 2 is 1.69 bits per heavy atom. The Balaban J connectivity index is 2.88. The average molecular weight is 183 g/mol. The van der Waals surface area contributed by atoms with Crippen LogP contribution in [0.15, 0.2) is 0 Å². The van der Waals surface area contributed by atoms with Gasteiger partial charge in [-0.3, -0.25) is 0 Å². The number of carbonyl (C=O) groups excluding carboxylic acids is 2. The standard InChI is InChI=1S/C10H16O3/c1-9(2)7(10(9,3)4)6(5-11)8(12)13/h5-7H,1-4H3,(H,12,13)/p-1. The first-order valence-corrected chi connectivity index (χ1v) is 4.43. The summed E-state index contributed by atoms with van der Waals surface area (Å²) in [4.78, 5) is 21.2. The van der Waals surface area contributed by atoms with Crippen LogP contribution in [0.2, 0.25) is 0 Å². The van der Waals surface area contributed by atoms with Gasteiger partial charge in [-0.05, 0) is 16.7 Å². The van der Waals surface area contributed by atoms with Crippen molar-refractivity contribution in [3.8, 4) is 0 Å². The fourth-order valence-corrected chi connectivity index (χ4v) is 2.42. The highest BCUT2D eigenvalue weighted by Gasteiger charge is 2.67. The normalized spacial score (nSPS) is 26.5. The van der Waals surface area contributed by atoms with Crippen LogP contribution in [0, 0.1) is 22.7 Å². The molecule has 1 saturated carbocycles. The van der Waals surface area contributed by atoms with Crippen molar-refractivity contribution >= 4 is 12.3 Å². The van der Waals surface area contributed by atoms with E-state index < -0.39 is 11.9 Å². The van der Waals surface area contributed by atoms with Crippen molar-refractivity contribution in [3.63, 3.8) is 0 Å². The highest BCUT2D eigenvalue weighted by molar-refractivity contribution is 5.86. The lowest BCUT2D eigenvalue weighted by atomic mass is 9.98. The lowest BCUT2D eigenvalue weighted by Crippen LogP contribution is -2.35. The van der Waals surface area contributed by atoms with Gasteiger partial charge in [-0.15, -0.1) is 0 Å². The molecular weight excluding hydrogens is 168 g/mol. The first-order chi connectivity index (χ1) is 5.76. The topological polar surface area (TPSA) is 57.2 Å². The van der Waals surface area contributed by atoms with Gasteiger partial charge >= 0.3 is 0 Å². The summed E-state index contributed by atoms with van der Waals surface area (Å²) < 4.78 is 0. The van der Waals surface area contributed by atoms with Crippen molar-refractivity contribution in [1.29, 1.82) is 0 Å². The molecule has 74 valence electrons. The van der Waals surface area contributed by atoms with Gasteiger partial charge in [-0.25, -0.2) is 0 Å². The summed E-state index contributed by atoms with van der Waals surface area (Å²) in [5.41, 5.74) is -0.169. The lowest BCUT2D eigenvalue weighted by molar-refractivity contribution is -0.310. The van der Waals surface area contributed by atoms with E-state index in [-0.39, 0.29) is 16.7 Å². The maximum Gasteiger partial charge on any atom is 0.129 e. The molecule has 0 radical (unpaired) electrons. The maximum atomic E-state index is 10.6. The molecule has 0 N–H and O–H groups in total. The number of hydrogen-bond donors (Lipinski definition) is 0. The highest BCUT2D eigenvalue weighted by Crippen LogP contribution is 2.70. The third-order valence-corrected chi connectivity index (χ3v) is 3.91. The molecule has 0 aromatic heterocycles. The van der Waals surface area contributed by atoms with E-state index in [1.54, 1.807) is 0 Å².